The molecule has 0 aromatic heterocycles. The molecule has 0 spiro atoms. The van der Waals surface area contributed by atoms with E-state index in [9.17, 15) is 4.79 Å². The van der Waals surface area contributed by atoms with Crippen LogP contribution in [0.1, 0.15) is 25.7 Å². The van der Waals surface area contributed by atoms with Gasteiger partial charge in [0.05, 0.1) is 5.75 Å². The molecule has 1 aliphatic carbocycles. The number of rotatable bonds is 7. The third kappa shape index (κ3) is 5.98. The van der Waals surface area contributed by atoms with Crippen LogP contribution in [0.3, 0.4) is 0 Å². The number of carbonyl (C=O) groups is 1. The van der Waals surface area contributed by atoms with Gasteiger partial charge in [0.25, 0.3) is 0 Å². The lowest BCUT2D eigenvalue weighted by Gasteiger charge is -2.09. The summed E-state index contributed by atoms with van der Waals surface area (Å²) in [5, 5.41) is 4.54. The van der Waals surface area contributed by atoms with Crippen LogP contribution in [0, 0.1) is 0 Å². The molecule has 0 radical (unpaired) electrons. The molecule has 0 aliphatic heterocycles. The molecular formula is C15H20ClNOS2. The van der Waals surface area contributed by atoms with Gasteiger partial charge >= 0.3 is 0 Å². The smallest absolute Gasteiger partial charge is 0.230 e. The second kappa shape index (κ2) is 8.85. The molecule has 1 amide bonds. The summed E-state index contributed by atoms with van der Waals surface area (Å²) in [5.41, 5.74) is 0. The molecule has 1 saturated carbocycles. The summed E-state index contributed by atoms with van der Waals surface area (Å²) in [4.78, 5) is 12.8. The van der Waals surface area contributed by atoms with Crippen LogP contribution in [0.2, 0.25) is 5.02 Å². The highest BCUT2D eigenvalue weighted by Gasteiger charge is 2.14. The summed E-state index contributed by atoms with van der Waals surface area (Å²) < 4.78 is 0. The van der Waals surface area contributed by atoms with Crippen molar-refractivity contribution in [2.45, 2.75) is 35.8 Å². The van der Waals surface area contributed by atoms with Crippen molar-refractivity contribution in [3.8, 4) is 0 Å². The normalized spacial score (nSPS) is 15.4. The lowest BCUT2D eigenvalue weighted by molar-refractivity contribution is -0.118. The number of benzene rings is 1. The van der Waals surface area contributed by atoms with Crippen LogP contribution in [0.15, 0.2) is 29.2 Å². The predicted molar refractivity (Wildman–Crippen MR) is 89.9 cm³/mol. The average Bonchev–Trinajstić information content (AvgIpc) is 2.96. The van der Waals surface area contributed by atoms with E-state index < -0.39 is 0 Å². The molecule has 1 fully saturated rings. The quantitative estimate of drug-likeness (QED) is 0.599. The molecule has 1 N–H and O–H groups in total. The fraction of sp³-hybridized carbons (Fsp3) is 0.533. The third-order valence-corrected chi connectivity index (χ3v) is 5.91. The molecule has 1 aromatic carbocycles. The number of hydrogen-bond donors (Lipinski definition) is 1. The van der Waals surface area contributed by atoms with Crippen LogP contribution < -0.4 is 5.32 Å². The van der Waals surface area contributed by atoms with E-state index in [2.05, 4.69) is 5.32 Å². The van der Waals surface area contributed by atoms with E-state index in [0.717, 1.165) is 27.5 Å². The summed E-state index contributed by atoms with van der Waals surface area (Å²) in [7, 11) is 0. The molecule has 0 bridgehead atoms. The van der Waals surface area contributed by atoms with E-state index in [-0.39, 0.29) is 5.91 Å². The first-order chi connectivity index (χ1) is 9.74. The Hall–Kier alpha value is -0.320. The summed E-state index contributed by atoms with van der Waals surface area (Å²) in [6.45, 7) is 0.779. The maximum atomic E-state index is 11.7. The Labute approximate surface area is 134 Å². The van der Waals surface area contributed by atoms with Gasteiger partial charge in [0.1, 0.15) is 0 Å². The Balaban J connectivity index is 1.54. The molecule has 110 valence electrons. The number of halogens is 1. The van der Waals surface area contributed by atoms with Crippen molar-refractivity contribution in [1.82, 2.24) is 5.32 Å². The minimum atomic E-state index is 0.108. The van der Waals surface area contributed by atoms with Crippen molar-refractivity contribution in [1.29, 1.82) is 0 Å². The molecule has 2 rings (SSSR count). The summed E-state index contributed by atoms with van der Waals surface area (Å²) in [6, 6.07) is 7.58. The Morgan fingerprint density at radius 1 is 1.25 bits per heavy atom. The van der Waals surface area contributed by atoms with Gasteiger partial charge in [0.15, 0.2) is 0 Å². The van der Waals surface area contributed by atoms with Gasteiger partial charge in [0.2, 0.25) is 5.91 Å². The van der Waals surface area contributed by atoms with Crippen molar-refractivity contribution in [2.75, 3.05) is 18.1 Å². The zero-order valence-electron chi connectivity index (χ0n) is 11.4. The summed E-state index contributed by atoms with van der Waals surface area (Å²) in [6.07, 6.45) is 5.46. The molecule has 1 aromatic rings. The van der Waals surface area contributed by atoms with Gasteiger partial charge in [-0.2, -0.15) is 11.8 Å². The molecule has 0 heterocycles. The molecule has 0 saturated heterocycles. The second-order valence-corrected chi connectivity index (χ2v) is 7.76. The number of hydrogen-bond acceptors (Lipinski definition) is 3. The minimum absolute atomic E-state index is 0.108. The monoisotopic (exact) mass is 329 g/mol. The fourth-order valence-electron chi connectivity index (χ4n) is 2.20. The molecule has 0 unspecified atom stereocenters. The number of thioether (sulfide) groups is 2. The van der Waals surface area contributed by atoms with E-state index in [1.807, 2.05) is 36.0 Å². The van der Waals surface area contributed by atoms with Crippen LogP contribution in [-0.2, 0) is 4.79 Å². The Morgan fingerprint density at radius 2 is 1.95 bits per heavy atom. The summed E-state index contributed by atoms with van der Waals surface area (Å²) in [5.74, 6) is 1.61. The van der Waals surface area contributed by atoms with Crippen molar-refractivity contribution < 1.29 is 4.79 Å². The number of amides is 1. The molecule has 5 heteroatoms. The van der Waals surface area contributed by atoms with Gasteiger partial charge in [-0.05, 0) is 37.1 Å². The van der Waals surface area contributed by atoms with E-state index in [4.69, 9.17) is 11.6 Å². The lowest BCUT2D eigenvalue weighted by Crippen LogP contribution is -2.27. The average molecular weight is 330 g/mol. The van der Waals surface area contributed by atoms with Gasteiger partial charge in [-0.1, -0.05) is 24.4 Å². The van der Waals surface area contributed by atoms with E-state index in [0.29, 0.717) is 5.75 Å². The van der Waals surface area contributed by atoms with Gasteiger partial charge < -0.3 is 5.32 Å². The topological polar surface area (TPSA) is 29.1 Å². The lowest BCUT2D eigenvalue weighted by atomic mass is 10.4. The standard InChI is InChI=1S/C15H20ClNOS2/c16-12-5-7-14(8-6-12)20-11-15(18)17-9-10-19-13-3-1-2-4-13/h5-8,13H,1-4,9-11H2,(H,17,18). The van der Waals surface area contributed by atoms with E-state index in [1.54, 1.807) is 11.8 Å². The van der Waals surface area contributed by atoms with Gasteiger partial charge in [-0.25, -0.2) is 0 Å². The maximum Gasteiger partial charge on any atom is 0.230 e. The SMILES string of the molecule is O=C(CSc1ccc(Cl)cc1)NCCSC1CCCC1. The maximum absolute atomic E-state index is 11.7. The molecular weight excluding hydrogens is 310 g/mol. The van der Waals surface area contributed by atoms with E-state index in [1.165, 1.54) is 25.7 Å². The second-order valence-electron chi connectivity index (χ2n) is 4.87. The molecule has 20 heavy (non-hydrogen) atoms. The zero-order valence-corrected chi connectivity index (χ0v) is 13.8. The first kappa shape index (κ1) is 16.1. The van der Waals surface area contributed by atoms with Crippen molar-refractivity contribution in [3.05, 3.63) is 29.3 Å². The highest BCUT2D eigenvalue weighted by atomic mass is 35.5. The zero-order chi connectivity index (χ0) is 14.2. The minimum Gasteiger partial charge on any atom is -0.355 e. The molecule has 0 atom stereocenters. The first-order valence-electron chi connectivity index (χ1n) is 7.01. The largest absolute Gasteiger partial charge is 0.355 e. The fourth-order valence-corrected chi connectivity index (χ4v) is 4.28. The molecule has 1 aliphatic rings. The van der Waals surface area contributed by atoms with Gasteiger partial charge in [-0.3, -0.25) is 4.79 Å². The number of nitrogens with one attached hydrogen (secondary N) is 1. The predicted octanol–water partition coefficient (Wildman–Crippen LogP) is 4.22. The van der Waals surface area contributed by atoms with Crippen molar-refractivity contribution >= 4 is 41.0 Å². The molecule has 2 nitrogen and oxygen atoms in total. The first-order valence-corrected chi connectivity index (χ1v) is 9.42. The summed E-state index contributed by atoms with van der Waals surface area (Å²) >= 11 is 9.37. The van der Waals surface area contributed by atoms with Gasteiger partial charge in [-0.15, -0.1) is 11.8 Å². The number of carbonyl (C=O) groups excluding carboxylic acids is 1. The van der Waals surface area contributed by atoms with Crippen LogP contribution in [0.4, 0.5) is 0 Å². The van der Waals surface area contributed by atoms with E-state index >= 15 is 0 Å². The van der Waals surface area contributed by atoms with Crippen LogP contribution in [-0.4, -0.2) is 29.2 Å². The van der Waals surface area contributed by atoms with Crippen molar-refractivity contribution in [2.24, 2.45) is 0 Å². The highest BCUT2D eigenvalue weighted by Crippen LogP contribution is 2.28. The Bertz CT molecular complexity index is 418. The highest BCUT2D eigenvalue weighted by molar-refractivity contribution is 8.00. The third-order valence-electron chi connectivity index (χ3n) is 3.26. The Morgan fingerprint density at radius 3 is 2.65 bits per heavy atom. The van der Waals surface area contributed by atoms with Crippen LogP contribution in [0.25, 0.3) is 0 Å². The van der Waals surface area contributed by atoms with Crippen LogP contribution in [0.5, 0.6) is 0 Å². The Kier molecular flexibility index (Phi) is 7.11. The van der Waals surface area contributed by atoms with Gasteiger partial charge in [0, 0.05) is 27.5 Å². The van der Waals surface area contributed by atoms with Crippen molar-refractivity contribution in [3.63, 3.8) is 0 Å². The van der Waals surface area contributed by atoms with Crippen LogP contribution >= 0.6 is 35.1 Å².